The van der Waals surface area contributed by atoms with Gasteiger partial charge in [-0.05, 0) is 43.2 Å². The van der Waals surface area contributed by atoms with E-state index in [0.29, 0.717) is 12.5 Å². The van der Waals surface area contributed by atoms with Crippen LogP contribution >= 0.6 is 11.3 Å². The molecule has 20 heavy (non-hydrogen) atoms. The number of carbonyl (C=O) groups excluding carboxylic acids is 1. The van der Waals surface area contributed by atoms with E-state index in [1.54, 1.807) is 11.3 Å². The maximum absolute atomic E-state index is 11.2. The highest BCUT2D eigenvalue weighted by Gasteiger charge is 2.23. The van der Waals surface area contributed by atoms with E-state index in [0.717, 1.165) is 23.3 Å². The fraction of sp³-hybridized carbons (Fsp3) is 0.688. The number of methoxy groups -OCH3 is 1. The van der Waals surface area contributed by atoms with Crippen LogP contribution in [0.2, 0.25) is 0 Å². The van der Waals surface area contributed by atoms with Gasteiger partial charge in [0.15, 0.2) is 0 Å². The molecule has 2 rings (SSSR count). The van der Waals surface area contributed by atoms with Crippen LogP contribution in [0.15, 0.2) is 12.1 Å². The van der Waals surface area contributed by atoms with Gasteiger partial charge in [0.25, 0.3) is 0 Å². The molecule has 1 fully saturated rings. The van der Waals surface area contributed by atoms with Crippen molar-refractivity contribution in [2.24, 2.45) is 11.8 Å². The molecule has 1 heterocycles. The van der Waals surface area contributed by atoms with Gasteiger partial charge in [-0.25, -0.2) is 0 Å². The first-order chi connectivity index (χ1) is 9.56. The zero-order valence-electron chi connectivity index (χ0n) is 12.6. The van der Waals surface area contributed by atoms with E-state index >= 15 is 0 Å². The van der Waals surface area contributed by atoms with Crippen LogP contribution in [0.3, 0.4) is 0 Å². The van der Waals surface area contributed by atoms with Gasteiger partial charge in [-0.1, -0.05) is 13.8 Å². The minimum atomic E-state index is -0.165. The zero-order valence-corrected chi connectivity index (χ0v) is 13.5. The molecule has 0 radical (unpaired) electrons. The lowest BCUT2D eigenvalue weighted by atomic mass is 9.80. The standard InChI is InChI=1S/C16H25NO2S/c1-11-6-12(2)8-13(7-11)17-10-15-5-4-14(20-15)9-16(18)19-3/h4-5,11-13,17H,6-10H2,1-3H3. The fourth-order valence-electron chi connectivity index (χ4n) is 3.19. The van der Waals surface area contributed by atoms with Crippen molar-refractivity contribution in [2.45, 2.75) is 52.1 Å². The van der Waals surface area contributed by atoms with Crippen molar-refractivity contribution < 1.29 is 9.53 Å². The normalized spacial score (nSPS) is 26.4. The summed E-state index contributed by atoms with van der Waals surface area (Å²) in [7, 11) is 1.43. The van der Waals surface area contributed by atoms with E-state index in [9.17, 15) is 4.79 Å². The average Bonchev–Trinajstić information content (AvgIpc) is 2.83. The maximum Gasteiger partial charge on any atom is 0.310 e. The Kier molecular flexibility index (Phi) is 5.61. The molecule has 1 aliphatic carbocycles. The van der Waals surface area contributed by atoms with E-state index < -0.39 is 0 Å². The number of carbonyl (C=O) groups is 1. The summed E-state index contributed by atoms with van der Waals surface area (Å²) in [6.07, 6.45) is 4.31. The van der Waals surface area contributed by atoms with Crippen molar-refractivity contribution in [1.82, 2.24) is 5.32 Å². The molecule has 112 valence electrons. The molecule has 0 saturated heterocycles. The molecule has 4 heteroatoms. The predicted molar refractivity (Wildman–Crippen MR) is 82.8 cm³/mol. The highest BCUT2D eigenvalue weighted by Crippen LogP contribution is 2.29. The molecule has 0 aromatic carbocycles. The Balaban J connectivity index is 1.80. The van der Waals surface area contributed by atoms with Crippen LogP contribution < -0.4 is 5.32 Å². The van der Waals surface area contributed by atoms with E-state index in [-0.39, 0.29) is 5.97 Å². The summed E-state index contributed by atoms with van der Waals surface area (Å²) in [6, 6.07) is 4.79. The van der Waals surface area contributed by atoms with Gasteiger partial charge in [-0.2, -0.15) is 0 Å². The number of hydrogen-bond donors (Lipinski definition) is 1. The molecular formula is C16H25NO2S. The molecule has 2 unspecified atom stereocenters. The van der Waals surface area contributed by atoms with Crippen LogP contribution in [0.25, 0.3) is 0 Å². The Labute approximate surface area is 125 Å². The topological polar surface area (TPSA) is 38.3 Å². The Morgan fingerprint density at radius 2 is 1.90 bits per heavy atom. The second-order valence-corrected chi connectivity index (χ2v) is 7.37. The molecule has 0 bridgehead atoms. The van der Waals surface area contributed by atoms with Gasteiger partial charge in [0.05, 0.1) is 13.5 Å². The summed E-state index contributed by atoms with van der Waals surface area (Å²) < 4.78 is 4.69. The Hall–Kier alpha value is -0.870. The van der Waals surface area contributed by atoms with Crippen LogP contribution in [0, 0.1) is 11.8 Å². The second kappa shape index (κ2) is 7.23. The zero-order chi connectivity index (χ0) is 14.5. The SMILES string of the molecule is COC(=O)Cc1ccc(CNC2CC(C)CC(C)C2)s1. The lowest BCUT2D eigenvalue weighted by molar-refractivity contribution is -0.139. The van der Waals surface area contributed by atoms with Crippen molar-refractivity contribution in [3.63, 3.8) is 0 Å². The summed E-state index contributed by atoms with van der Waals surface area (Å²) in [6.45, 7) is 5.61. The predicted octanol–water partition coefficient (Wildman–Crippen LogP) is 3.38. The fourth-order valence-corrected chi connectivity index (χ4v) is 4.14. The molecule has 1 saturated carbocycles. The van der Waals surface area contributed by atoms with Crippen molar-refractivity contribution in [2.75, 3.05) is 7.11 Å². The number of thiophene rings is 1. The summed E-state index contributed by atoms with van der Waals surface area (Å²) >= 11 is 1.70. The first-order valence-electron chi connectivity index (χ1n) is 7.44. The van der Waals surface area contributed by atoms with Crippen molar-refractivity contribution in [3.8, 4) is 0 Å². The number of rotatable bonds is 5. The molecule has 0 spiro atoms. The number of nitrogens with one attached hydrogen (secondary N) is 1. The highest BCUT2D eigenvalue weighted by molar-refractivity contribution is 7.12. The lowest BCUT2D eigenvalue weighted by Crippen LogP contribution is -2.35. The molecule has 0 amide bonds. The highest BCUT2D eigenvalue weighted by atomic mass is 32.1. The van der Waals surface area contributed by atoms with E-state index in [4.69, 9.17) is 4.74 Å². The molecular weight excluding hydrogens is 270 g/mol. The molecule has 1 aromatic heterocycles. The average molecular weight is 295 g/mol. The van der Waals surface area contributed by atoms with Crippen molar-refractivity contribution in [3.05, 3.63) is 21.9 Å². The summed E-state index contributed by atoms with van der Waals surface area (Å²) in [5.74, 6) is 1.49. The van der Waals surface area contributed by atoms with Crippen LogP contribution in [0.1, 0.15) is 42.9 Å². The monoisotopic (exact) mass is 295 g/mol. The third-order valence-electron chi connectivity index (χ3n) is 4.01. The van der Waals surface area contributed by atoms with Crippen molar-refractivity contribution in [1.29, 1.82) is 0 Å². The number of ether oxygens (including phenoxy) is 1. The number of hydrogen-bond acceptors (Lipinski definition) is 4. The third kappa shape index (κ3) is 4.60. The minimum absolute atomic E-state index is 0.165. The molecule has 1 N–H and O–H groups in total. The van der Waals surface area contributed by atoms with Crippen LogP contribution in [0.4, 0.5) is 0 Å². The molecule has 0 aliphatic heterocycles. The Bertz CT molecular complexity index is 433. The van der Waals surface area contributed by atoms with Gasteiger partial charge in [-0.3, -0.25) is 4.79 Å². The van der Waals surface area contributed by atoms with Gasteiger partial charge in [0.1, 0.15) is 0 Å². The maximum atomic E-state index is 11.2. The van der Waals surface area contributed by atoms with Crippen molar-refractivity contribution >= 4 is 17.3 Å². The minimum Gasteiger partial charge on any atom is -0.469 e. The molecule has 1 aromatic rings. The third-order valence-corrected chi connectivity index (χ3v) is 5.09. The summed E-state index contributed by atoms with van der Waals surface area (Å²) in [5, 5.41) is 3.67. The van der Waals surface area contributed by atoms with Gasteiger partial charge in [0.2, 0.25) is 0 Å². The first kappa shape index (κ1) is 15.5. The number of esters is 1. The van der Waals surface area contributed by atoms with Crippen LogP contribution in [-0.4, -0.2) is 19.1 Å². The van der Waals surface area contributed by atoms with Crippen LogP contribution in [-0.2, 0) is 22.5 Å². The van der Waals surface area contributed by atoms with E-state index in [1.165, 1.54) is 31.2 Å². The van der Waals surface area contributed by atoms with Crippen LogP contribution in [0.5, 0.6) is 0 Å². The van der Waals surface area contributed by atoms with E-state index in [1.807, 2.05) is 6.07 Å². The Morgan fingerprint density at radius 1 is 1.25 bits per heavy atom. The van der Waals surface area contributed by atoms with Gasteiger partial charge in [0, 0.05) is 22.3 Å². The lowest BCUT2D eigenvalue weighted by Gasteiger charge is -2.32. The summed E-state index contributed by atoms with van der Waals surface area (Å²) in [5.41, 5.74) is 0. The smallest absolute Gasteiger partial charge is 0.310 e. The summed E-state index contributed by atoms with van der Waals surface area (Å²) in [4.78, 5) is 13.6. The first-order valence-corrected chi connectivity index (χ1v) is 8.26. The van der Waals surface area contributed by atoms with Gasteiger partial charge in [-0.15, -0.1) is 11.3 Å². The molecule has 1 aliphatic rings. The second-order valence-electron chi connectivity index (χ2n) is 6.12. The Morgan fingerprint density at radius 3 is 2.55 bits per heavy atom. The molecule has 2 atom stereocenters. The van der Waals surface area contributed by atoms with Gasteiger partial charge < -0.3 is 10.1 Å². The molecule has 3 nitrogen and oxygen atoms in total. The largest absolute Gasteiger partial charge is 0.469 e. The van der Waals surface area contributed by atoms with E-state index in [2.05, 4.69) is 25.2 Å². The van der Waals surface area contributed by atoms with Gasteiger partial charge >= 0.3 is 5.97 Å². The quantitative estimate of drug-likeness (QED) is 0.846.